The van der Waals surface area contributed by atoms with Gasteiger partial charge < -0.3 is 20.2 Å². The molecular formula is C14H26N4O3. The molecule has 2 saturated heterocycles. The van der Waals surface area contributed by atoms with Crippen molar-refractivity contribution < 1.29 is 14.7 Å². The lowest BCUT2D eigenvalue weighted by Gasteiger charge is -2.34. The summed E-state index contributed by atoms with van der Waals surface area (Å²) in [6, 6.07) is 0.471. The van der Waals surface area contributed by atoms with Crippen molar-refractivity contribution >= 4 is 12.0 Å². The number of carbonyl (C=O) groups is 2. The molecule has 2 fully saturated rings. The first-order valence-corrected chi connectivity index (χ1v) is 7.73. The summed E-state index contributed by atoms with van der Waals surface area (Å²) in [7, 11) is 2.10. The lowest BCUT2D eigenvalue weighted by Crippen LogP contribution is -2.53. The molecule has 1 unspecified atom stereocenters. The molecule has 0 bridgehead atoms. The van der Waals surface area contributed by atoms with E-state index < -0.39 is 5.97 Å². The highest BCUT2D eigenvalue weighted by molar-refractivity contribution is 5.74. The second-order valence-corrected chi connectivity index (χ2v) is 5.94. The van der Waals surface area contributed by atoms with Gasteiger partial charge in [0, 0.05) is 45.3 Å². The smallest absolute Gasteiger partial charge is 0.317 e. The summed E-state index contributed by atoms with van der Waals surface area (Å²) in [6.07, 6.45) is 2.53. The monoisotopic (exact) mass is 298 g/mol. The number of nitrogens with zero attached hydrogens (tertiary/aromatic N) is 3. The number of amides is 2. The molecule has 0 spiro atoms. The number of piperazine rings is 1. The SMILES string of the molecule is CN1CCCC1CNC(=O)N1CCN(CCC(=O)O)CC1. The summed E-state index contributed by atoms with van der Waals surface area (Å²) in [5, 5.41) is 11.7. The van der Waals surface area contributed by atoms with Crippen molar-refractivity contribution in [1.82, 2.24) is 20.0 Å². The molecule has 2 rings (SSSR count). The van der Waals surface area contributed by atoms with Crippen LogP contribution in [-0.4, -0.2) is 90.7 Å². The van der Waals surface area contributed by atoms with Gasteiger partial charge in [-0.3, -0.25) is 9.69 Å². The van der Waals surface area contributed by atoms with Crippen molar-refractivity contribution in [3.63, 3.8) is 0 Å². The minimum Gasteiger partial charge on any atom is -0.481 e. The Bertz CT molecular complexity index is 369. The Labute approximate surface area is 125 Å². The molecular weight excluding hydrogens is 272 g/mol. The van der Waals surface area contributed by atoms with Gasteiger partial charge in [0.15, 0.2) is 0 Å². The number of hydrogen-bond acceptors (Lipinski definition) is 4. The highest BCUT2D eigenvalue weighted by atomic mass is 16.4. The number of rotatable bonds is 5. The van der Waals surface area contributed by atoms with Crippen molar-refractivity contribution in [3.8, 4) is 0 Å². The Hall–Kier alpha value is -1.34. The predicted molar refractivity (Wildman–Crippen MR) is 79.3 cm³/mol. The number of aliphatic carboxylic acids is 1. The second-order valence-electron chi connectivity index (χ2n) is 5.94. The summed E-state index contributed by atoms with van der Waals surface area (Å²) < 4.78 is 0. The first kappa shape index (κ1) is 16.0. The summed E-state index contributed by atoms with van der Waals surface area (Å²) in [5.74, 6) is -0.768. The fourth-order valence-corrected chi connectivity index (χ4v) is 2.98. The lowest BCUT2D eigenvalue weighted by molar-refractivity contribution is -0.137. The Morgan fingerprint density at radius 1 is 1.19 bits per heavy atom. The van der Waals surface area contributed by atoms with Crippen LogP contribution in [0.15, 0.2) is 0 Å². The fraction of sp³-hybridized carbons (Fsp3) is 0.857. The van der Waals surface area contributed by atoms with Crippen LogP contribution in [0.25, 0.3) is 0 Å². The van der Waals surface area contributed by atoms with E-state index in [-0.39, 0.29) is 12.5 Å². The number of carboxylic acids is 1. The van der Waals surface area contributed by atoms with Gasteiger partial charge in [-0.05, 0) is 26.4 Å². The summed E-state index contributed by atoms with van der Waals surface area (Å²) >= 11 is 0. The van der Waals surface area contributed by atoms with E-state index in [2.05, 4.69) is 22.2 Å². The van der Waals surface area contributed by atoms with Gasteiger partial charge in [-0.1, -0.05) is 0 Å². The molecule has 0 aromatic carbocycles. The molecule has 0 aromatic rings. The van der Waals surface area contributed by atoms with Gasteiger partial charge in [-0.2, -0.15) is 0 Å². The van der Waals surface area contributed by atoms with Gasteiger partial charge in [0.05, 0.1) is 6.42 Å². The number of carbonyl (C=O) groups excluding carboxylic acids is 1. The minimum absolute atomic E-state index is 0.00758. The average Bonchev–Trinajstić information content (AvgIpc) is 2.88. The zero-order chi connectivity index (χ0) is 15.2. The summed E-state index contributed by atoms with van der Waals surface area (Å²) in [4.78, 5) is 28.9. The molecule has 7 nitrogen and oxygen atoms in total. The van der Waals surface area contributed by atoms with Crippen LogP contribution in [0.3, 0.4) is 0 Å². The first-order valence-electron chi connectivity index (χ1n) is 7.73. The molecule has 21 heavy (non-hydrogen) atoms. The van der Waals surface area contributed by atoms with E-state index in [1.54, 1.807) is 0 Å². The summed E-state index contributed by atoms with van der Waals surface area (Å²) in [6.45, 7) is 5.25. The van der Waals surface area contributed by atoms with Gasteiger partial charge in [-0.15, -0.1) is 0 Å². The maximum Gasteiger partial charge on any atom is 0.317 e. The minimum atomic E-state index is -0.768. The normalized spacial score (nSPS) is 24.2. The van der Waals surface area contributed by atoms with E-state index in [4.69, 9.17) is 5.11 Å². The predicted octanol–water partition coefficient (Wildman–Crippen LogP) is -0.117. The topological polar surface area (TPSA) is 76.1 Å². The molecule has 1 atom stereocenters. The van der Waals surface area contributed by atoms with Gasteiger partial charge in [0.25, 0.3) is 0 Å². The zero-order valence-corrected chi connectivity index (χ0v) is 12.8. The van der Waals surface area contributed by atoms with Crippen LogP contribution in [0.2, 0.25) is 0 Å². The van der Waals surface area contributed by atoms with Crippen LogP contribution in [0.4, 0.5) is 4.79 Å². The quantitative estimate of drug-likeness (QED) is 0.740. The highest BCUT2D eigenvalue weighted by Crippen LogP contribution is 2.13. The molecule has 2 aliphatic heterocycles. The van der Waals surface area contributed by atoms with Crippen molar-refractivity contribution in [2.75, 3.05) is 52.9 Å². The molecule has 2 heterocycles. The Morgan fingerprint density at radius 2 is 1.90 bits per heavy atom. The standard InChI is InChI=1S/C14H26N4O3/c1-16-5-2-3-12(16)11-15-14(21)18-9-7-17(8-10-18)6-4-13(19)20/h12H,2-11H2,1H3,(H,15,21)(H,19,20). The van der Waals surface area contributed by atoms with E-state index in [1.165, 1.54) is 6.42 Å². The van der Waals surface area contributed by atoms with Crippen LogP contribution in [0.1, 0.15) is 19.3 Å². The van der Waals surface area contributed by atoms with E-state index in [9.17, 15) is 9.59 Å². The summed E-state index contributed by atoms with van der Waals surface area (Å²) in [5.41, 5.74) is 0. The van der Waals surface area contributed by atoms with Crippen LogP contribution < -0.4 is 5.32 Å². The Kier molecular flexibility index (Phi) is 5.81. The zero-order valence-electron chi connectivity index (χ0n) is 12.8. The molecule has 2 N–H and O–H groups in total. The lowest BCUT2D eigenvalue weighted by atomic mass is 10.2. The number of likely N-dealkylation sites (tertiary alicyclic amines) is 1. The molecule has 0 aromatic heterocycles. The molecule has 0 radical (unpaired) electrons. The number of likely N-dealkylation sites (N-methyl/N-ethyl adjacent to an activating group) is 1. The molecule has 2 aliphatic rings. The van der Waals surface area contributed by atoms with Crippen LogP contribution >= 0.6 is 0 Å². The van der Waals surface area contributed by atoms with E-state index in [0.29, 0.717) is 32.2 Å². The average molecular weight is 298 g/mol. The Morgan fingerprint density at radius 3 is 2.48 bits per heavy atom. The third-order valence-electron chi connectivity index (χ3n) is 4.46. The van der Waals surface area contributed by atoms with Gasteiger partial charge in [0.2, 0.25) is 0 Å². The van der Waals surface area contributed by atoms with Crippen LogP contribution in [0, 0.1) is 0 Å². The molecule has 0 saturated carbocycles. The highest BCUT2D eigenvalue weighted by Gasteiger charge is 2.24. The third-order valence-corrected chi connectivity index (χ3v) is 4.46. The fourth-order valence-electron chi connectivity index (χ4n) is 2.98. The van der Waals surface area contributed by atoms with Crippen molar-refractivity contribution in [1.29, 1.82) is 0 Å². The van der Waals surface area contributed by atoms with Gasteiger partial charge in [0.1, 0.15) is 0 Å². The van der Waals surface area contributed by atoms with E-state index >= 15 is 0 Å². The maximum atomic E-state index is 12.1. The molecule has 120 valence electrons. The van der Waals surface area contributed by atoms with E-state index in [1.807, 2.05) is 4.90 Å². The van der Waals surface area contributed by atoms with Crippen molar-refractivity contribution in [3.05, 3.63) is 0 Å². The Balaban J connectivity index is 1.64. The van der Waals surface area contributed by atoms with Gasteiger partial charge >= 0.3 is 12.0 Å². The molecule has 7 heteroatoms. The molecule has 0 aliphatic carbocycles. The van der Waals surface area contributed by atoms with Gasteiger partial charge in [-0.25, -0.2) is 4.79 Å². The number of hydrogen-bond donors (Lipinski definition) is 2. The largest absolute Gasteiger partial charge is 0.481 e. The number of nitrogens with one attached hydrogen (secondary N) is 1. The number of carboxylic acid groups (broad SMARTS) is 1. The van der Waals surface area contributed by atoms with Crippen molar-refractivity contribution in [2.45, 2.75) is 25.3 Å². The first-order chi connectivity index (χ1) is 10.1. The van der Waals surface area contributed by atoms with Crippen LogP contribution in [-0.2, 0) is 4.79 Å². The van der Waals surface area contributed by atoms with E-state index in [0.717, 1.165) is 26.1 Å². The maximum absolute atomic E-state index is 12.1. The second kappa shape index (κ2) is 7.61. The number of urea groups is 1. The molecule has 2 amide bonds. The third kappa shape index (κ3) is 4.86. The van der Waals surface area contributed by atoms with Crippen LogP contribution in [0.5, 0.6) is 0 Å². The van der Waals surface area contributed by atoms with Crippen molar-refractivity contribution in [2.24, 2.45) is 0 Å².